The fraction of sp³-hybridized carbons (Fsp3) is 0.545. The van der Waals surface area contributed by atoms with E-state index < -0.39 is 95.7 Å². The van der Waals surface area contributed by atoms with Gasteiger partial charge < -0.3 is 49.8 Å². The summed E-state index contributed by atoms with van der Waals surface area (Å²) in [5, 5.41) is 61.9. The summed E-state index contributed by atoms with van der Waals surface area (Å²) in [5.41, 5.74) is -3.59. The van der Waals surface area contributed by atoms with Gasteiger partial charge in [0.15, 0.2) is 23.4 Å². The standard InChI is InChI=1S/C33H40N2O12S/c1-15-27(38)18(34-7-4-10-48-32-35-8-9-45-32)11-22(46-15)47-20-13-33(43,21(37)14-36)12-17-24(20)31(42)26-25(29(17)40)28(39)16-5-3-6-19(44-2)23(16)30(26)41/h3,5-6,15,18,20,22,27,32,34-36,38,40,42-43H,4,7-14H2,1-2H3/t15?,18?,20?,22?,27?,32?,33-/m0/s1. The van der Waals surface area contributed by atoms with Crippen molar-refractivity contribution in [3.8, 4) is 17.2 Å². The number of phenolic OH excluding ortho intramolecular Hbond substituents is 2. The number of fused-ring (bicyclic) bond motifs is 3. The number of hydrogen-bond acceptors (Lipinski definition) is 15. The highest BCUT2D eigenvalue weighted by Gasteiger charge is 2.50. The molecule has 7 atom stereocenters. The van der Waals surface area contributed by atoms with Gasteiger partial charge in [-0.3, -0.25) is 19.7 Å². The van der Waals surface area contributed by atoms with Crippen LogP contribution in [-0.4, -0.2) is 118 Å². The van der Waals surface area contributed by atoms with Crippen molar-refractivity contribution >= 4 is 29.1 Å². The van der Waals surface area contributed by atoms with Crippen LogP contribution in [0.3, 0.4) is 0 Å². The number of aliphatic hydroxyl groups excluding tert-OH is 2. The molecule has 0 bridgehead atoms. The Labute approximate surface area is 280 Å². The molecule has 48 heavy (non-hydrogen) atoms. The van der Waals surface area contributed by atoms with E-state index in [1.807, 2.05) is 0 Å². The summed E-state index contributed by atoms with van der Waals surface area (Å²) in [4.78, 5) is 40.4. The highest BCUT2D eigenvalue weighted by atomic mass is 32.2. The Morgan fingerprint density at radius 1 is 1.17 bits per heavy atom. The first-order valence-electron chi connectivity index (χ1n) is 15.9. The quantitative estimate of drug-likeness (QED) is 0.109. The molecule has 2 fully saturated rings. The molecule has 0 spiro atoms. The van der Waals surface area contributed by atoms with E-state index in [-0.39, 0.29) is 40.0 Å². The summed E-state index contributed by atoms with van der Waals surface area (Å²) in [6.07, 6.45) is -4.02. The van der Waals surface area contributed by atoms with Crippen molar-refractivity contribution in [2.45, 2.75) is 74.4 Å². The number of phenols is 2. The van der Waals surface area contributed by atoms with Gasteiger partial charge in [0.2, 0.25) is 5.78 Å². The Bertz CT molecular complexity index is 1600. The number of ether oxygens (including phenoxy) is 4. The number of aromatic hydroxyl groups is 2. The zero-order valence-electron chi connectivity index (χ0n) is 26.6. The topological polar surface area (TPSA) is 213 Å². The van der Waals surface area contributed by atoms with E-state index in [1.54, 1.807) is 18.7 Å². The van der Waals surface area contributed by atoms with Gasteiger partial charge >= 0.3 is 0 Å². The molecule has 2 heterocycles. The van der Waals surface area contributed by atoms with Crippen LogP contribution in [0.5, 0.6) is 17.2 Å². The average molecular weight is 689 g/mol. The lowest BCUT2D eigenvalue weighted by atomic mass is 9.72. The largest absolute Gasteiger partial charge is 0.507 e. The molecular formula is C33H40N2O12S. The minimum absolute atomic E-state index is 0.0298. The molecule has 2 aliphatic heterocycles. The maximum Gasteiger partial charge on any atom is 0.202 e. The van der Waals surface area contributed by atoms with Gasteiger partial charge in [0, 0.05) is 48.5 Å². The first-order chi connectivity index (χ1) is 23.0. The van der Waals surface area contributed by atoms with Crippen molar-refractivity contribution in [1.29, 1.82) is 0 Å². The Morgan fingerprint density at radius 2 is 1.94 bits per heavy atom. The van der Waals surface area contributed by atoms with E-state index in [2.05, 4.69) is 10.6 Å². The second-order valence-corrected chi connectivity index (χ2v) is 13.6. The van der Waals surface area contributed by atoms with Gasteiger partial charge in [-0.1, -0.05) is 12.1 Å². The van der Waals surface area contributed by atoms with Crippen LogP contribution in [-0.2, 0) is 25.4 Å². The van der Waals surface area contributed by atoms with Gasteiger partial charge in [-0.25, -0.2) is 0 Å². The molecule has 7 N–H and O–H groups in total. The fourth-order valence-corrected chi connectivity index (χ4v) is 7.93. The molecule has 2 aromatic rings. The van der Waals surface area contributed by atoms with Crippen molar-refractivity contribution < 1.29 is 58.9 Å². The van der Waals surface area contributed by atoms with Gasteiger partial charge in [0.1, 0.15) is 29.5 Å². The van der Waals surface area contributed by atoms with Crippen LogP contribution in [0.15, 0.2) is 18.2 Å². The average Bonchev–Trinajstić information content (AvgIpc) is 3.59. The highest BCUT2D eigenvalue weighted by molar-refractivity contribution is 7.99. The van der Waals surface area contributed by atoms with Gasteiger partial charge in [-0.05, 0) is 31.7 Å². The number of methoxy groups -OCH3 is 1. The second-order valence-electron chi connectivity index (χ2n) is 12.4. The molecule has 0 radical (unpaired) electrons. The van der Waals surface area contributed by atoms with Crippen LogP contribution in [0.4, 0.5) is 0 Å². The van der Waals surface area contributed by atoms with Crippen molar-refractivity contribution in [1.82, 2.24) is 10.6 Å². The van der Waals surface area contributed by atoms with Crippen LogP contribution in [0.25, 0.3) is 0 Å². The summed E-state index contributed by atoms with van der Waals surface area (Å²) < 4.78 is 23.1. The van der Waals surface area contributed by atoms with Crippen LogP contribution < -0.4 is 15.4 Å². The minimum Gasteiger partial charge on any atom is -0.507 e. The molecule has 14 nitrogen and oxygen atoms in total. The van der Waals surface area contributed by atoms with E-state index in [1.165, 1.54) is 25.3 Å². The van der Waals surface area contributed by atoms with E-state index in [0.717, 1.165) is 18.7 Å². The van der Waals surface area contributed by atoms with Gasteiger partial charge in [0.25, 0.3) is 0 Å². The first kappa shape index (κ1) is 34.7. The number of Topliss-reactive ketones (excluding diaryl/α,β-unsaturated/α-hetero) is 1. The lowest BCUT2D eigenvalue weighted by Crippen LogP contribution is -2.54. The number of carbonyl (C=O) groups is 3. The SMILES string of the molecule is COc1cccc2c1C(=O)c1c(O)c3c(c(O)c1C2=O)C[C@@](O)(C(=O)CO)CC3OC1CC(NCCCSC2NCCO2)C(O)C(C)O1. The van der Waals surface area contributed by atoms with E-state index in [4.69, 9.17) is 18.9 Å². The molecule has 260 valence electrons. The van der Waals surface area contributed by atoms with E-state index >= 15 is 0 Å². The Morgan fingerprint density at radius 3 is 2.65 bits per heavy atom. The smallest absolute Gasteiger partial charge is 0.202 e. The molecule has 15 heteroatoms. The number of ketones is 3. The maximum atomic E-state index is 13.9. The number of nitrogens with one attached hydrogen (secondary N) is 2. The number of rotatable bonds is 11. The number of aliphatic hydroxyl groups is 3. The zero-order chi connectivity index (χ0) is 34.3. The third kappa shape index (κ3) is 6.23. The lowest BCUT2D eigenvalue weighted by molar-refractivity contribution is -0.249. The van der Waals surface area contributed by atoms with Crippen molar-refractivity contribution in [3.63, 3.8) is 0 Å². The van der Waals surface area contributed by atoms with Crippen LogP contribution in [0, 0.1) is 0 Å². The number of benzene rings is 2. The molecule has 0 saturated carbocycles. The fourth-order valence-electron chi connectivity index (χ4n) is 6.98. The molecule has 2 aliphatic carbocycles. The maximum absolute atomic E-state index is 13.9. The highest BCUT2D eigenvalue weighted by Crippen LogP contribution is 2.52. The predicted molar refractivity (Wildman–Crippen MR) is 170 cm³/mol. The Kier molecular flexibility index (Phi) is 10.1. The van der Waals surface area contributed by atoms with Crippen LogP contribution >= 0.6 is 11.8 Å². The molecule has 0 amide bonds. The van der Waals surface area contributed by atoms with Crippen molar-refractivity contribution in [3.05, 3.63) is 51.6 Å². The van der Waals surface area contributed by atoms with Crippen LogP contribution in [0.2, 0.25) is 0 Å². The third-order valence-electron chi connectivity index (χ3n) is 9.44. The second kappa shape index (κ2) is 14.0. The lowest BCUT2D eigenvalue weighted by Gasteiger charge is -2.43. The summed E-state index contributed by atoms with van der Waals surface area (Å²) in [5.74, 6) is -2.89. The summed E-state index contributed by atoms with van der Waals surface area (Å²) in [6, 6.07) is 3.95. The summed E-state index contributed by atoms with van der Waals surface area (Å²) in [7, 11) is 1.34. The number of hydrogen-bond donors (Lipinski definition) is 7. The summed E-state index contributed by atoms with van der Waals surface area (Å²) >= 11 is 1.65. The van der Waals surface area contributed by atoms with Gasteiger partial charge in [0.05, 0.1) is 48.7 Å². The minimum atomic E-state index is -2.25. The predicted octanol–water partition coefficient (Wildman–Crippen LogP) is 0.659. The zero-order valence-corrected chi connectivity index (χ0v) is 27.4. The number of carbonyl (C=O) groups excluding carboxylic acids is 3. The summed E-state index contributed by atoms with van der Waals surface area (Å²) in [6.45, 7) is 2.73. The molecular weight excluding hydrogens is 648 g/mol. The molecule has 0 aromatic heterocycles. The van der Waals surface area contributed by atoms with E-state index in [0.29, 0.717) is 13.2 Å². The van der Waals surface area contributed by atoms with Crippen molar-refractivity contribution in [2.75, 3.05) is 39.2 Å². The Balaban J connectivity index is 1.30. The molecule has 6 unspecified atom stereocenters. The third-order valence-corrected chi connectivity index (χ3v) is 10.6. The normalized spacial score (nSPS) is 29.7. The monoisotopic (exact) mass is 688 g/mol. The van der Waals surface area contributed by atoms with Gasteiger partial charge in [-0.2, -0.15) is 0 Å². The van der Waals surface area contributed by atoms with Crippen LogP contribution in [0.1, 0.15) is 75.3 Å². The van der Waals surface area contributed by atoms with Crippen molar-refractivity contribution in [2.24, 2.45) is 0 Å². The molecule has 2 saturated heterocycles. The molecule has 4 aliphatic rings. The Hall–Kier alpha value is -3.12. The van der Waals surface area contributed by atoms with E-state index in [9.17, 15) is 39.9 Å². The molecule has 2 aromatic carbocycles. The first-order valence-corrected chi connectivity index (χ1v) is 17.0. The number of thioether (sulfide) groups is 1. The van der Waals surface area contributed by atoms with Gasteiger partial charge in [-0.15, -0.1) is 11.8 Å². The molecule has 6 rings (SSSR count).